The number of methoxy groups -OCH3 is 1. The summed E-state index contributed by atoms with van der Waals surface area (Å²) in [5.74, 6) is 0.0517. The minimum absolute atomic E-state index is 0.0633. The second-order valence-electron chi connectivity index (χ2n) is 7.62. The summed E-state index contributed by atoms with van der Waals surface area (Å²) in [5.41, 5.74) is 2.50. The van der Waals surface area contributed by atoms with Crippen molar-refractivity contribution in [2.24, 2.45) is 0 Å². The van der Waals surface area contributed by atoms with E-state index in [9.17, 15) is 14.4 Å². The van der Waals surface area contributed by atoms with Crippen molar-refractivity contribution in [3.05, 3.63) is 89.6 Å². The van der Waals surface area contributed by atoms with Crippen molar-refractivity contribution in [1.82, 2.24) is 10.2 Å². The third-order valence-corrected chi connectivity index (χ3v) is 6.79. The van der Waals surface area contributed by atoms with Gasteiger partial charge in [0.05, 0.1) is 13.5 Å². The third-order valence-electron chi connectivity index (χ3n) is 5.49. The van der Waals surface area contributed by atoms with E-state index >= 15 is 0 Å². The Bertz CT molecular complexity index is 1100. The Morgan fingerprint density at radius 2 is 1.88 bits per heavy atom. The molecule has 33 heavy (non-hydrogen) atoms. The van der Waals surface area contributed by atoms with Crippen molar-refractivity contribution in [2.45, 2.75) is 24.4 Å². The Labute approximate surface area is 196 Å². The van der Waals surface area contributed by atoms with Crippen molar-refractivity contribution in [1.29, 1.82) is 0 Å². The topological polar surface area (TPSA) is 84.9 Å². The fourth-order valence-electron chi connectivity index (χ4n) is 3.73. The molecule has 0 aromatic heterocycles. The number of benzene rings is 2. The maximum Gasteiger partial charge on any atom is 0.355 e. The molecule has 2 aliphatic rings. The smallest absolute Gasteiger partial charge is 0.355 e. The van der Waals surface area contributed by atoms with Crippen LogP contribution in [0.3, 0.4) is 0 Å². The number of hydrogen-bond donors (Lipinski definition) is 1. The predicted molar refractivity (Wildman–Crippen MR) is 125 cm³/mol. The number of allylic oxidation sites excluding steroid dienone is 1. The highest BCUT2D eigenvalue weighted by atomic mass is 32.2. The first-order valence-corrected chi connectivity index (χ1v) is 11.5. The monoisotopic (exact) mass is 464 g/mol. The molecule has 2 aliphatic heterocycles. The number of β-lactam (4-membered cyclic amide) rings is 1. The van der Waals surface area contributed by atoms with Crippen LogP contribution < -0.4 is 10.1 Å². The number of carbonyl (C=O) groups is 3. The van der Waals surface area contributed by atoms with Gasteiger partial charge < -0.3 is 14.8 Å². The minimum Gasteiger partial charge on any atom is -0.497 e. The fraction of sp³-hybridized carbons (Fsp3) is 0.240. The number of carbonyl (C=O) groups excluding carboxylic acids is 3. The molecule has 8 heteroatoms. The summed E-state index contributed by atoms with van der Waals surface area (Å²) in [6, 6.07) is 15.8. The number of fused-ring (bicyclic) bond motifs is 1. The first kappa shape index (κ1) is 22.7. The largest absolute Gasteiger partial charge is 0.497 e. The summed E-state index contributed by atoms with van der Waals surface area (Å²) in [4.78, 5) is 39.7. The van der Waals surface area contributed by atoms with Crippen LogP contribution in [0.5, 0.6) is 5.75 Å². The number of ether oxygens (including phenoxy) is 2. The Morgan fingerprint density at radius 3 is 2.55 bits per heavy atom. The lowest BCUT2D eigenvalue weighted by Crippen LogP contribution is -2.70. The lowest BCUT2D eigenvalue weighted by molar-refractivity contribution is -0.153. The first-order chi connectivity index (χ1) is 16.0. The van der Waals surface area contributed by atoms with Crippen LogP contribution in [0.2, 0.25) is 0 Å². The summed E-state index contributed by atoms with van der Waals surface area (Å²) in [6.07, 6.45) is 1.76. The van der Waals surface area contributed by atoms with Crippen LogP contribution in [0.4, 0.5) is 0 Å². The Morgan fingerprint density at radius 1 is 1.15 bits per heavy atom. The molecule has 0 aliphatic carbocycles. The van der Waals surface area contributed by atoms with Gasteiger partial charge in [0, 0.05) is 5.75 Å². The van der Waals surface area contributed by atoms with Crippen LogP contribution >= 0.6 is 11.8 Å². The zero-order chi connectivity index (χ0) is 23.4. The van der Waals surface area contributed by atoms with Gasteiger partial charge in [-0.25, -0.2) is 4.79 Å². The van der Waals surface area contributed by atoms with Gasteiger partial charge in [-0.15, -0.1) is 11.8 Å². The molecular weight excluding hydrogens is 440 g/mol. The van der Waals surface area contributed by atoms with E-state index in [1.807, 2.05) is 42.5 Å². The average molecular weight is 465 g/mol. The quantitative estimate of drug-likeness (QED) is 0.478. The van der Waals surface area contributed by atoms with Gasteiger partial charge in [-0.1, -0.05) is 55.1 Å². The highest BCUT2D eigenvalue weighted by molar-refractivity contribution is 8.00. The van der Waals surface area contributed by atoms with Crippen molar-refractivity contribution in [3.63, 3.8) is 0 Å². The number of amides is 2. The van der Waals surface area contributed by atoms with Crippen LogP contribution in [-0.4, -0.2) is 47.0 Å². The molecule has 170 valence electrons. The van der Waals surface area contributed by atoms with Crippen molar-refractivity contribution >= 4 is 29.5 Å². The molecule has 2 aromatic carbocycles. The van der Waals surface area contributed by atoms with Crippen molar-refractivity contribution in [2.75, 3.05) is 12.9 Å². The normalized spacial score (nSPS) is 19.3. The van der Waals surface area contributed by atoms with E-state index in [2.05, 4.69) is 11.9 Å². The molecule has 0 radical (unpaired) electrons. The highest BCUT2D eigenvalue weighted by Gasteiger charge is 2.54. The predicted octanol–water partition coefficient (Wildman–Crippen LogP) is 2.82. The number of rotatable bonds is 8. The van der Waals surface area contributed by atoms with E-state index in [1.165, 1.54) is 16.7 Å². The molecule has 2 aromatic rings. The second kappa shape index (κ2) is 9.95. The van der Waals surface area contributed by atoms with Gasteiger partial charge in [0.2, 0.25) is 5.91 Å². The zero-order valence-electron chi connectivity index (χ0n) is 18.2. The van der Waals surface area contributed by atoms with Crippen LogP contribution in [0.25, 0.3) is 0 Å². The van der Waals surface area contributed by atoms with E-state index in [0.29, 0.717) is 17.1 Å². The van der Waals surface area contributed by atoms with Crippen LogP contribution in [0.15, 0.2) is 78.5 Å². The van der Waals surface area contributed by atoms with Crippen molar-refractivity contribution in [3.8, 4) is 5.75 Å². The third kappa shape index (κ3) is 4.80. The minimum atomic E-state index is -0.679. The van der Waals surface area contributed by atoms with Gasteiger partial charge in [-0.05, 0) is 28.8 Å². The van der Waals surface area contributed by atoms with Crippen LogP contribution in [0.1, 0.15) is 11.1 Å². The van der Waals surface area contributed by atoms with Gasteiger partial charge in [0.15, 0.2) is 0 Å². The SMILES string of the molecule is C=CC1=C(C(=O)OCc2ccc(OC)cc2)N2C(=O)[C@@H](NC(=O)Cc3ccccc3)[C@H]2SC1. The number of hydrogen-bond acceptors (Lipinski definition) is 6. The number of thioether (sulfide) groups is 1. The average Bonchev–Trinajstić information content (AvgIpc) is 2.85. The molecule has 2 heterocycles. The fourth-order valence-corrected chi connectivity index (χ4v) is 5.07. The summed E-state index contributed by atoms with van der Waals surface area (Å²) >= 11 is 1.49. The number of nitrogens with one attached hydrogen (secondary N) is 1. The van der Waals surface area contributed by atoms with Gasteiger partial charge in [0.25, 0.3) is 5.91 Å². The summed E-state index contributed by atoms with van der Waals surface area (Å²) in [6.45, 7) is 3.84. The lowest BCUT2D eigenvalue weighted by atomic mass is 10.0. The maximum absolute atomic E-state index is 12.9. The Hall–Kier alpha value is -3.52. The van der Waals surface area contributed by atoms with E-state index < -0.39 is 12.0 Å². The standard InChI is InChI=1S/C25H24N2O5S/c1-3-18-15-33-24-21(26-20(28)13-16-7-5-4-6-8-16)23(29)27(24)22(18)25(30)32-14-17-9-11-19(31-2)12-10-17/h3-12,21,24H,1,13-15H2,2H3,(H,26,28)/t21-,24-/m1/s1. The van der Waals surface area contributed by atoms with Gasteiger partial charge >= 0.3 is 5.97 Å². The molecule has 1 N–H and O–H groups in total. The summed E-state index contributed by atoms with van der Waals surface area (Å²) in [7, 11) is 1.58. The van der Waals surface area contributed by atoms with E-state index in [4.69, 9.17) is 9.47 Å². The molecule has 0 saturated carbocycles. The van der Waals surface area contributed by atoms with E-state index in [-0.39, 0.29) is 35.9 Å². The molecule has 2 amide bonds. The second-order valence-corrected chi connectivity index (χ2v) is 8.72. The summed E-state index contributed by atoms with van der Waals surface area (Å²) in [5, 5.41) is 2.45. The summed E-state index contributed by atoms with van der Waals surface area (Å²) < 4.78 is 10.6. The van der Waals surface area contributed by atoms with Gasteiger partial charge in [-0.2, -0.15) is 0 Å². The molecule has 0 unspecified atom stereocenters. The van der Waals surface area contributed by atoms with Crippen LogP contribution in [0, 0.1) is 0 Å². The lowest BCUT2D eigenvalue weighted by Gasteiger charge is -2.49. The Kier molecular flexibility index (Phi) is 6.84. The van der Waals surface area contributed by atoms with Crippen molar-refractivity contribution < 1.29 is 23.9 Å². The molecule has 4 rings (SSSR count). The highest BCUT2D eigenvalue weighted by Crippen LogP contribution is 2.41. The zero-order valence-corrected chi connectivity index (χ0v) is 19.0. The number of nitrogens with zero attached hydrogens (tertiary/aromatic N) is 1. The molecule has 0 bridgehead atoms. The molecule has 0 spiro atoms. The molecule has 1 fully saturated rings. The maximum atomic E-state index is 12.9. The van der Waals surface area contributed by atoms with E-state index in [1.54, 1.807) is 25.3 Å². The molecule has 7 nitrogen and oxygen atoms in total. The molecular formula is C25H24N2O5S. The van der Waals surface area contributed by atoms with Gasteiger partial charge in [0.1, 0.15) is 29.5 Å². The Balaban J connectivity index is 1.41. The molecule has 2 atom stereocenters. The molecule has 1 saturated heterocycles. The first-order valence-electron chi connectivity index (χ1n) is 10.5. The number of esters is 1. The van der Waals surface area contributed by atoms with Gasteiger partial charge in [-0.3, -0.25) is 14.5 Å². The van der Waals surface area contributed by atoms with Crippen LogP contribution in [-0.2, 0) is 32.1 Å². The van der Waals surface area contributed by atoms with E-state index in [0.717, 1.165) is 11.1 Å².